The van der Waals surface area contributed by atoms with Gasteiger partial charge < -0.3 is 14.4 Å². The second kappa shape index (κ2) is 15.6. The summed E-state index contributed by atoms with van der Waals surface area (Å²) < 4.78 is 11.1. The maximum atomic E-state index is 5.60. The van der Waals surface area contributed by atoms with Gasteiger partial charge in [0.25, 0.3) is 0 Å². The fourth-order valence-corrected chi connectivity index (χ4v) is 4.26. The van der Waals surface area contributed by atoms with E-state index in [9.17, 15) is 0 Å². The van der Waals surface area contributed by atoms with Gasteiger partial charge >= 0.3 is 0 Å². The van der Waals surface area contributed by atoms with Crippen molar-refractivity contribution in [3.8, 4) is 11.5 Å². The highest BCUT2D eigenvalue weighted by molar-refractivity contribution is 5.99. The Morgan fingerprint density at radius 2 is 1.53 bits per heavy atom. The molecule has 38 heavy (non-hydrogen) atoms. The Morgan fingerprint density at radius 1 is 0.868 bits per heavy atom. The lowest BCUT2D eigenvalue weighted by Crippen LogP contribution is -2.29. The first-order valence-corrected chi connectivity index (χ1v) is 13.8. The third-order valence-electron chi connectivity index (χ3n) is 6.26. The molecule has 3 aromatic rings. The molecule has 1 aliphatic heterocycles. The highest BCUT2D eigenvalue weighted by atomic mass is 16.7. The van der Waals surface area contributed by atoms with E-state index in [1.165, 1.54) is 11.1 Å². The van der Waals surface area contributed by atoms with Crippen LogP contribution in [-0.2, 0) is 13.1 Å². The number of ether oxygens (including phenoxy) is 2. The molecule has 0 fully saturated rings. The van der Waals surface area contributed by atoms with E-state index in [-0.39, 0.29) is 0 Å². The molecular weight excluding hydrogens is 470 g/mol. The third kappa shape index (κ3) is 8.77. The van der Waals surface area contributed by atoms with E-state index in [4.69, 9.17) is 14.5 Å². The molecule has 0 saturated carbocycles. The zero-order valence-corrected chi connectivity index (χ0v) is 23.7. The second-order valence-corrected chi connectivity index (χ2v) is 9.26. The molecule has 5 nitrogen and oxygen atoms in total. The van der Waals surface area contributed by atoms with Crippen LogP contribution in [0.5, 0.6) is 11.5 Å². The molecule has 0 radical (unpaired) electrons. The van der Waals surface area contributed by atoms with E-state index in [0.717, 1.165) is 67.6 Å². The Kier molecular flexibility index (Phi) is 11.9. The average molecular weight is 514 g/mol. The Labute approximate surface area is 229 Å². The van der Waals surface area contributed by atoms with Gasteiger partial charge in [0.2, 0.25) is 6.79 Å². The van der Waals surface area contributed by atoms with Crippen molar-refractivity contribution in [3.63, 3.8) is 0 Å². The van der Waals surface area contributed by atoms with Crippen molar-refractivity contribution in [3.05, 3.63) is 107 Å². The number of hydrogen-bond acceptors (Lipinski definition) is 4. The van der Waals surface area contributed by atoms with Gasteiger partial charge in [-0.25, -0.2) is 4.99 Å². The van der Waals surface area contributed by atoms with Crippen LogP contribution in [-0.4, -0.2) is 42.6 Å². The van der Waals surface area contributed by atoms with Gasteiger partial charge in [-0.15, -0.1) is 0 Å². The quantitative estimate of drug-likeness (QED) is 0.196. The molecule has 4 rings (SSSR count). The third-order valence-corrected chi connectivity index (χ3v) is 6.26. The minimum Gasteiger partial charge on any atom is -0.454 e. The van der Waals surface area contributed by atoms with E-state index in [0.29, 0.717) is 6.79 Å². The van der Waals surface area contributed by atoms with Crippen molar-refractivity contribution in [2.45, 2.75) is 53.6 Å². The van der Waals surface area contributed by atoms with Gasteiger partial charge in [0.15, 0.2) is 11.5 Å². The zero-order chi connectivity index (χ0) is 27.2. The molecule has 1 aliphatic rings. The predicted molar refractivity (Wildman–Crippen MR) is 159 cm³/mol. The maximum absolute atomic E-state index is 5.60. The predicted octanol–water partition coefficient (Wildman–Crippen LogP) is 7.53. The van der Waals surface area contributed by atoms with E-state index in [2.05, 4.69) is 104 Å². The van der Waals surface area contributed by atoms with E-state index in [1.54, 1.807) is 0 Å². The summed E-state index contributed by atoms with van der Waals surface area (Å²) in [7, 11) is 2.14. The Balaban J connectivity index is 0.00000195. The van der Waals surface area contributed by atoms with Crippen molar-refractivity contribution >= 4 is 5.84 Å². The van der Waals surface area contributed by atoms with Gasteiger partial charge in [-0.3, -0.25) is 4.90 Å². The molecule has 0 aliphatic carbocycles. The van der Waals surface area contributed by atoms with Crippen molar-refractivity contribution in [2.24, 2.45) is 4.99 Å². The number of unbranched alkanes of at least 4 members (excludes halogenated alkanes) is 1. The SMILES string of the molecule is CC.CCCCN(C)C(=N/C(C)=C/CN(Cc1ccccc1)Cc1ccc2c(c1)OCO2)c1ccccc1. The van der Waals surface area contributed by atoms with Gasteiger partial charge in [-0.2, -0.15) is 0 Å². The summed E-state index contributed by atoms with van der Waals surface area (Å²) in [6.07, 6.45) is 4.54. The molecule has 0 bridgehead atoms. The van der Waals surface area contributed by atoms with Gasteiger partial charge in [0, 0.05) is 44.5 Å². The standard InChI is InChI=1S/C31H37N3O2.C2H6/c1-4-5-19-33(3)31(28-14-10-7-11-15-28)32-25(2)18-20-34(22-26-12-8-6-9-13-26)23-27-16-17-29-30(21-27)36-24-35-29;1-2/h6-18,21H,4-5,19-20,22-24H2,1-3H3;1-2H3/b25-18+,32-31?;. The van der Waals surface area contributed by atoms with Crippen LogP contribution in [0.1, 0.15) is 57.2 Å². The Bertz CT molecular complexity index is 1160. The summed E-state index contributed by atoms with van der Waals surface area (Å²) in [5.41, 5.74) is 4.65. The molecule has 202 valence electrons. The van der Waals surface area contributed by atoms with Gasteiger partial charge in [-0.05, 0) is 42.7 Å². The van der Waals surface area contributed by atoms with Crippen molar-refractivity contribution in [2.75, 3.05) is 26.9 Å². The Hall–Kier alpha value is -3.57. The first-order valence-electron chi connectivity index (χ1n) is 13.8. The first kappa shape index (κ1) is 29.0. The number of benzene rings is 3. The van der Waals surface area contributed by atoms with Crippen molar-refractivity contribution in [1.82, 2.24) is 9.80 Å². The fraction of sp³-hybridized carbons (Fsp3) is 0.364. The number of allylic oxidation sites excluding steroid dienone is 1. The lowest BCUT2D eigenvalue weighted by molar-refractivity contribution is 0.174. The number of rotatable bonds is 11. The Morgan fingerprint density at radius 3 is 2.24 bits per heavy atom. The molecule has 0 spiro atoms. The van der Waals surface area contributed by atoms with E-state index < -0.39 is 0 Å². The van der Waals surface area contributed by atoms with Crippen molar-refractivity contribution in [1.29, 1.82) is 0 Å². The zero-order valence-electron chi connectivity index (χ0n) is 23.7. The van der Waals surface area contributed by atoms with Crippen LogP contribution in [0.15, 0.2) is 95.6 Å². The molecule has 3 aromatic carbocycles. The average Bonchev–Trinajstić information content (AvgIpc) is 3.43. The van der Waals surface area contributed by atoms with Gasteiger partial charge in [0.1, 0.15) is 5.84 Å². The molecular formula is C33H43N3O2. The van der Waals surface area contributed by atoms with Crippen LogP contribution in [0.25, 0.3) is 0 Å². The fourth-order valence-electron chi connectivity index (χ4n) is 4.26. The monoisotopic (exact) mass is 513 g/mol. The number of hydrogen-bond donors (Lipinski definition) is 0. The highest BCUT2D eigenvalue weighted by Gasteiger charge is 2.15. The van der Waals surface area contributed by atoms with Crippen LogP contribution in [0.4, 0.5) is 0 Å². The first-order chi connectivity index (χ1) is 18.6. The number of nitrogens with zero attached hydrogens (tertiary/aromatic N) is 3. The summed E-state index contributed by atoms with van der Waals surface area (Å²) in [4.78, 5) is 9.77. The van der Waals surface area contributed by atoms with Crippen LogP contribution < -0.4 is 9.47 Å². The lowest BCUT2D eigenvalue weighted by atomic mass is 10.1. The lowest BCUT2D eigenvalue weighted by Gasteiger charge is -2.23. The second-order valence-electron chi connectivity index (χ2n) is 9.26. The van der Waals surface area contributed by atoms with E-state index >= 15 is 0 Å². The van der Waals surface area contributed by atoms with Gasteiger partial charge in [0.05, 0.1) is 0 Å². The number of amidine groups is 1. The topological polar surface area (TPSA) is 37.3 Å². The minimum absolute atomic E-state index is 0.295. The molecule has 1 heterocycles. The van der Waals surface area contributed by atoms with Crippen LogP contribution in [0.3, 0.4) is 0 Å². The molecule has 0 saturated heterocycles. The molecule has 0 aromatic heterocycles. The summed E-state index contributed by atoms with van der Waals surface area (Å²) >= 11 is 0. The summed E-state index contributed by atoms with van der Waals surface area (Å²) in [6.45, 7) is 12.0. The number of fused-ring (bicyclic) bond motifs is 1. The smallest absolute Gasteiger partial charge is 0.231 e. The largest absolute Gasteiger partial charge is 0.454 e. The molecule has 0 atom stereocenters. The van der Waals surface area contributed by atoms with Crippen LogP contribution in [0.2, 0.25) is 0 Å². The summed E-state index contributed by atoms with van der Waals surface area (Å²) in [5.74, 6) is 2.66. The normalized spacial score (nSPS) is 12.8. The van der Waals surface area contributed by atoms with Crippen LogP contribution in [0, 0.1) is 0 Å². The number of aliphatic imine (C=N–C) groups is 1. The van der Waals surface area contributed by atoms with E-state index in [1.807, 2.05) is 26.0 Å². The molecule has 0 amide bonds. The molecule has 0 unspecified atom stereocenters. The van der Waals surface area contributed by atoms with Gasteiger partial charge in [-0.1, -0.05) is 93.9 Å². The summed E-state index contributed by atoms with van der Waals surface area (Å²) in [6, 6.07) is 27.3. The minimum atomic E-state index is 0.295. The molecule has 0 N–H and O–H groups in total. The molecule has 5 heteroatoms. The van der Waals surface area contributed by atoms with Crippen molar-refractivity contribution < 1.29 is 9.47 Å². The summed E-state index contributed by atoms with van der Waals surface area (Å²) in [5, 5.41) is 0. The highest BCUT2D eigenvalue weighted by Crippen LogP contribution is 2.33. The van der Waals surface area contributed by atoms with Crippen LogP contribution >= 0.6 is 0 Å². The maximum Gasteiger partial charge on any atom is 0.231 e.